The molecule has 0 aromatic heterocycles. The van der Waals surface area contributed by atoms with E-state index < -0.39 is 23.8 Å². The van der Waals surface area contributed by atoms with Gasteiger partial charge in [-0.05, 0) is 34.1 Å². The van der Waals surface area contributed by atoms with Gasteiger partial charge in [0.1, 0.15) is 5.82 Å². The number of benzene rings is 1. The average Bonchev–Trinajstić information content (AvgIpc) is 2.82. The molecule has 1 aromatic carbocycles. The van der Waals surface area contributed by atoms with Crippen molar-refractivity contribution in [2.24, 2.45) is 5.16 Å². The van der Waals surface area contributed by atoms with Gasteiger partial charge in [0.2, 0.25) is 6.10 Å². The number of aliphatic carboxylic acids is 1. The van der Waals surface area contributed by atoms with Crippen LogP contribution in [0.4, 0.5) is 10.1 Å². The van der Waals surface area contributed by atoms with Gasteiger partial charge in [-0.25, -0.2) is 9.18 Å². The molecule has 1 aliphatic heterocycles. The number of amides is 1. The maximum atomic E-state index is 12.9. The molecule has 1 aromatic rings. The van der Waals surface area contributed by atoms with Crippen molar-refractivity contribution in [2.75, 3.05) is 5.32 Å². The zero-order chi connectivity index (χ0) is 14.0. The third-order valence-electron chi connectivity index (χ3n) is 2.40. The molecule has 8 heteroatoms. The van der Waals surface area contributed by atoms with Gasteiger partial charge < -0.3 is 15.3 Å². The Morgan fingerprint density at radius 3 is 2.84 bits per heavy atom. The fraction of sp³-hybridized carbons (Fsp3) is 0.182. The van der Waals surface area contributed by atoms with Gasteiger partial charge in [-0.1, -0.05) is 5.16 Å². The predicted octanol–water partition coefficient (Wildman–Crippen LogP) is 1.76. The monoisotopic (exact) mass is 330 g/mol. The summed E-state index contributed by atoms with van der Waals surface area (Å²) < 4.78 is 13.2. The van der Waals surface area contributed by atoms with Crippen molar-refractivity contribution in [3.63, 3.8) is 0 Å². The predicted molar refractivity (Wildman–Crippen MR) is 67.3 cm³/mol. The molecule has 1 aliphatic rings. The molecule has 19 heavy (non-hydrogen) atoms. The first-order valence-corrected chi connectivity index (χ1v) is 5.98. The molecule has 0 spiro atoms. The Hall–Kier alpha value is -1.96. The molecule has 1 atom stereocenters. The lowest BCUT2D eigenvalue weighted by molar-refractivity contribution is -0.129. The van der Waals surface area contributed by atoms with Crippen LogP contribution in [0.5, 0.6) is 0 Å². The molecule has 0 fully saturated rings. The summed E-state index contributed by atoms with van der Waals surface area (Å²) >= 11 is 3.10. The van der Waals surface area contributed by atoms with E-state index in [4.69, 9.17) is 9.94 Å². The van der Waals surface area contributed by atoms with Crippen molar-refractivity contribution in [2.45, 2.75) is 12.5 Å². The molecule has 0 aliphatic carbocycles. The number of carboxylic acids is 1. The van der Waals surface area contributed by atoms with Crippen molar-refractivity contribution in [3.8, 4) is 0 Å². The van der Waals surface area contributed by atoms with E-state index in [1.807, 2.05) is 0 Å². The van der Waals surface area contributed by atoms with E-state index in [1.165, 1.54) is 18.2 Å². The maximum Gasteiger partial charge on any atom is 0.353 e. The first-order chi connectivity index (χ1) is 8.97. The summed E-state index contributed by atoms with van der Waals surface area (Å²) in [5.41, 5.74) is 0.150. The van der Waals surface area contributed by atoms with Gasteiger partial charge in [-0.15, -0.1) is 0 Å². The highest BCUT2D eigenvalue weighted by Gasteiger charge is 2.31. The van der Waals surface area contributed by atoms with Gasteiger partial charge in [-0.3, -0.25) is 4.79 Å². The van der Waals surface area contributed by atoms with Crippen molar-refractivity contribution >= 4 is 39.2 Å². The summed E-state index contributed by atoms with van der Waals surface area (Å²) in [6, 6.07) is 3.77. The molecule has 1 unspecified atom stereocenters. The van der Waals surface area contributed by atoms with Crippen LogP contribution in [0.25, 0.3) is 0 Å². The second kappa shape index (κ2) is 5.35. The van der Waals surface area contributed by atoms with E-state index in [2.05, 4.69) is 26.4 Å². The Morgan fingerprint density at radius 1 is 1.53 bits per heavy atom. The van der Waals surface area contributed by atoms with Crippen molar-refractivity contribution in [3.05, 3.63) is 28.5 Å². The van der Waals surface area contributed by atoms with Crippen LogP contribution in [0.15, 0.2) is 27.8 Å². The summed E-state index contributed by atoms with van der Waals surface area (Å²) in [4.78, 5) is 27.2. The number of hydrogen-bond donors (Lipinski definition) is 2. The lowest BCUT2D eigenvalue weighted by Gasteiger charge is -2.10. The number of carbonyl (C=O) groups is 2. The Balaban J connectivity index is 2.01. The lowest BCUT2D eigenvalue weighted by Crippen LogP contribution is -2.29. The van der Waals surface area contributed by atoms with Crippen molar-refractivity contribution < 1.29 is 23.9 Å². The van der Waals surface area contributed by atoms with Gasteiger partial charge in [0.25, 0.3) is 5.91 Å². The van der Waals surface area contributed by atoms with E-state index in [0.717, 1.165) is 0 Å². The van der Waals surface area contributed by atoms with Crippen LogP contribution in [0.1, 0.15) is 6.42 Å². The molecule has 1 heterocycles. The Labute approximate surface area is 115 Å². The van der Waals surface area contributed by atoms with Gasteiger partial charge >= 0.3 is 5.97 Å². The Morgan fingerprint density at radius 2 is 2.26 bits per heavy atom. The first-order valence-electron chi connectivity index (χ1n) is 5.19. The number of oxime groups is 1. The minimum absolute atomic E-state index is 0.111. The van der Waals surface area contributed by atoms with E-state index >= 15 is 0 Å². The Kier molecular flexibility index (Phi) is 3.79. The second-order valence-electron chi connectivity index (χ2n) is 3.75. The number of anilines is 1. The third-order valence-corrected chi connectivity index (χ3v) is 3.05. The molecular weight excluding hydrogens is 323 g/mol. The highest BCUT2D eigenvalue weighted by Crippen LogP contribution is 2.24. The number of halogens is 2. The SMILES string of the molecule is O=C(O)C1=NOC(C(=O)Nc2ccc(F)cc2Br)C1. The lowest BCUT2D eigenvalue weighted by atomic mass is 10.1. The van der Waals surface area contributed by atoms with Gasteiger partial charge in [0, 0.05) is 10.9 Å². The smallest absolute Gasteiger partial charge is 0.353 e. The van der Waals surface area contributed by atoms with E-state index in [9.17, 15) is 14.0 Å². The molecule has 2 N–H and O–H groups in total. The largest absolute Gasteiger partial charge is 0.477 e. The minimum Gasteiger partial charge on any atom is -0.477 e. The zero-order valence-corrected chi connectivity index (χ0v) is 11.0. The van der Waals surface area contributed by atoms with Crippen LogP contribution in [0.2, 0.25) is 0 Å². The van der Waals surface area contributed by atoms with Crippen LogP contribution in [0.3, 0.4) is 0 Å². The molecule has 0 radical (unpaired) electrons. The highest BCUT2D eigenvalue weighted by atomic mass is 79.9. The van der Waals surface area contributed by atoms with E-state index in [0.29, 0.717) is 10.2 Å². The zero-order valence-electron chi connectivity index (χ0n) is 9.39. The van der Waals surface area contributed by atoms with Gasteiger partial charge in [-0.2, -0.15) is 0 Å². The van der Waals surface area contributed by atoms with Crippen LogP contribution >= 0.6 is 15.9 Å². The second-order valence-corrected chi connectivity index (χ2v) is 4.61. The number of carbonyl (C=O) groups excluding carboxylic acids is 1. The minimum atomic E-state index is -1.22. The summed E-state index contributed by atoms with van der Waals surface area (Å²) in [6.45, 7) is 0. The molecule has 6 nitrogen and oxygen atoms in total. The number of rotatable bonds is 3. The maximum absolute atomic E-state index is 12.9. The standard InChI is InChI=1S/C11H8BrFN2O4/c12-6-3-5(13)1-2-7(6)14-10(16)9-4-8(11(17)18)15-19-9/h1-3,9H,4H2,(H,14,16)(H,17,18). The van der Waals surface area contributed by atoms with Crippen molar-refractivity contribution in [1.29, 1.82) is 0 Å². The normalized spacial score (nSPS) is 17.6. The summed E-state index contributed by atoms with van der Waals surface area (Å²) in [5, 5.41) is 14.5. The average molecular weight is 331 g/mol. The van der Waals surface area contributed by atoms with Crippen LogP contribution in [0, 0.1) is 5.82 Å². The number of carboxylic acid groups (broad SMARTS) is 1. The van der Waals surface area contributed by atoms with Crippen LogP contribution in [-0.2, 0) is 14.4 Å². The van der Waals surface area contributed by atoms with Gasteiger partial charge in [0.15, 0.2) is 5.71 Å². The molecule has 0 bridgehead atoms. The number of hydrogen-bond acceptors (Lipinski definition) is 4. The highest BCUT2D eigenvalue weighted by molar-refractivity contribution is 9.10. The fourth-order valence-corrected chi connectivity index (χ4v) is 1.90. The molecule has 1 amide bonds. The molecule has 2 rings (SSSR count). The summed E-state index contributed by atoms with van der Waals surface area (Å²) in [7, 11) is 0. The number of nitrogens with one attached hydrogen (secondary N) is 1. The number of nitrogens with zero attached hydrogens (tertiary/aromatic N) is 1. The van der Waals surface area contributed by atoms with Crippen LogP contribution in [-0.4, -0.2) is 28.8 Å². The summed E-state index contributed by atoms with van der Waals surface area (Å²) in [5.74, 6) is -2.22. The van der Waals surface area contributed by atoms with Crippen LogP contribution < -0.4 is 5.32 Å². The topological polar surface area (TPSA) is 88.0 Å². The van der Waals surface area contributed by atoms with Gasteiger partial charge in [0.05, 0.1) is 5.69 Å². The Bertz CT molecular complexity index is 576. The first kappa shape index (κ1) is 13.5. The molecule has 100 valence electrons. The van der Waals surface area contributed by atoms with E-state index in [-0.39, 0.29) is 12.1 Å². The fourth-order valence-electron chi connectivity index (χ4n) is 1.45. The molecular formula is C11H8BrFN2O4. The van der Waals surface area contributed by atoms with Crippen molar-refractivity contribution in [1.82, 2.24) is 0 Å². The third kappa shape index (κ3) is 3.08. The quantitative estimate of drug-likeness (QED) is 0.883. The van der Waals surface area contributed by atoms with E-state index in [1.54, 1.807) is 0 Å². The summed E-state index contributed by atoms with van der Waals surface area (Å²) in [6.07, 6.45) is -1.11. The molecule has 0 saturated heterocycles. The molecule has 0 saturated carbocycles.